The molecule has 0 atom stereocenters. The van der Waals surface area contributed by atoms with E-state index in [1.54, 1.807) is 33.4 Å². The Morgan fingerprint density at radius 1 is 1.07 bits per heavy atom. The second-order valence-electron chi connectivity index (χ2n) is 6.28. The van der Waals surface area contributed by atoms with Crippen molar-refractivity contribution in [2.45, 2.75) is 26.5 Å². The fourth-order valence-corrected chi connectivity index (χ4v) is 2.83. The molecule has 146 valence electrons. The Balaban J connectivity index is 1.88. The van der Waals surface area contributed by atoms with Gasteiger partial charge in [0.15, 0.2) is 5.96 Å². The largest absolute Gasteiger partial charge is 0.496 e. The monoisotopic (exact) mass is 373 g/mol. The molecule has 0 radical (unpaired) electrons. The summed E-state index contributed by atoms with van der Waals surface area (Å²) < 4.78 is 24.1. The normalized spacial score (nSPS) is 11.4. The minimum absolute atomic E-state index is 0.254. The molecule has 2 aromatic rings. The van der Waals surface area contributed by atoms with Gasteiger partial charge in [-0.15, -0.1) is 0 Å². The van der Waals surface area contributed by atoms with E-state index in [1.165, 1.54) is 11.6 Å². The van der Waals surface area contributed by atoms with E-state index in [9.17, 15) is 4.39 Å². The number of ether oxygens (including phenoxy) is 2. The van der Waals surface area contributed by atoms with Crippen molar-refractivity contribution >= 4 is 5.96 Å². The Kier molecular flexibility index (Phi) is 8.07. The number of halogens is 1. The number of aliphatic imine (C=N–C) groups is 1. The van der Waals surface area contributed by atoms with Gasteiger partial charge >= 0.3 is 0 Å². The lowest BCUT2D eigenvalue weighted by molar-refractivity contribution is 0.181. The van der Waals surface area contributed by atoms with Crippen molar-refractivity contribution in [1.82, 2.24) is 10.6 Å². The summed E-state index contributed by atoms with van der Waals surface area (Å²) in [5.41, 5.74) is 3.87. The Morgan fingerprint density at radius 2 is 1.89 bits per heavy atom. The highest BCUT2D eigenvalue weighted by molar-refractivity contribution is 5.79. The lowest BCUT2D eigenvalue weighted by atomic mass is 10.1. The Labute approximate surface area is 160 Å². The van der Waals surface area contributed by atoms with Crippen molar-refractivity contribution in [2.75, 3.05) is 27.8 Å². The zero-order valence-corrected chi connectivity index (χ0v) is 16.4. The van der Waals surface area contributed by atoms with E-state index < -0.39 is 0 Å². The molecule has 0 aliphatic rings. The molecule has 0 fully saturated rings. The van der Waals surface area contributed by atoms with Gasteiger partial charge in [-0.2, -0.15) is 0 Å². The van der Waals surface area contributed by atoms with E-state index in [1.807, 2.05) is 12.1 Å². The van der Waals surface area contributed by atoms with Crippen LogP contribution >= 0.6 is 0 Å². The van der Waals surface area contributed by atoms with Crippen LogP contribution in [0.3, 0.4) is 0 Å². The molecule has 2 aromatic carbocycles. The Hall–Kier alpha value is -2.60. The zero-order valence-electron chi connectivity index (χ0n) is 16.4. The molecule has 0 unspecified atom stereocenters. The van der Waals surface area contributed by atoms with Gasteiger partial charge in [0.1, 0.15) is 11.6 Å². The fraction of sp³-hybridized carbons (Fsp3) is 0.381. The molecule has 0 aliphatic heterocycles. The molecular weight excluding hydrogens is 345 g/mol. The third-order valence-corrected chi connectivity index (χ3v) is 4.22. The molecule has 0 saturated carbocycles. The first-order valence-corrected chi connectivity index (χ1v) is 8.91. The molecule has 0 aromatic heterocycles. The fourth-order valence-electron chi connectivity index (χ4n) is 2.83. The van der Waals surface area contributed by atoms with Crippen molar-refractivity contribution in [3.63, 3.8) is 0 Å². The number of rotatable bonds is 8. The number of guanidine groups is 1. The minimum atomic E-state index is -0.254. The van der Waals surface area contributed by atoms with E-state index in [4.69, 9.17) is 9.47 Å². The second-order valence-corrected chi connectivity index (χ2v) is 6.28. The number of methoxy groups -OCH3 is 2. The van der Waals surface area contributed by atoms with Crippen LogP contribution in [0.25, 0.3) is 0 Å². The van der Waals surface area contributed by atoms with Gasteiger partial charge in [0, 0.05) is 32.8 Å². The minimum Gasteiger partial charge on any atom is -0.496 e. The van der Waals surface area contributed by atoms with E-state index >= 15 is 0 Å². The number of aryl methyl sites for hydroxylation is 1. The van der Waals surface area contributed by atoms with Gasteiger partial charge in [-0.05, 0) is 42.7 Å². The van der Waals surface area contributed by atoms with E-state index in [2.05, 4.69) is 28.6 Å². The molecule has 0 bridgehead atoms. The third kappa shape index (κ3) is 6.25. The molecular formula is C21H28FN3O2. The van der Waals surface area contributed by atoms with Crippen LogP contribution in [-0.4, -0.2) is 33.8 Å². The van der Waals surface area contributed by atoms with Crippen LogP contribution in [-0.2, 0) is 24.3 Å². The first-order valence-electron chi connectivity index (χ1n) is 8.91. The van der Waals surface area contributed by atoms with Gasteiger partial charge < -0.3 is 20.1 Å². The van der Waals surface area contributed by atoms with Crippen LogP contribution in [0, 0.1) is 12.7 Å². The molecule has 0 spiro atoms. The van der Waals surface area contributed by atoms with Crippen LogP contribution in [0.2, 0.25) is 0 Å². The number of nitrogens with one attached hydrogen (secondary N) is 2. The number of nitrogens with zero attached hydrogens (tertiary/aromatic N) is 1. The number of hydrogen-bond donors (Lipinski definition) is 2. The van der Waals surface area contributed by atoms with Crippen molar-refractivity contribution in [3.05, 3.63) is 64.5 Å². The average Bonchev–Trinajstić information content (AvgIpc) is 2.67. The molecule has 2 rings (SSSR count). The summed E-state index contributed by atoms with van der Waals surface area (Å²) in [6.07, 6.45) is 0.820. The maximum atomic E-state index is 13.7. The number of benzene rings is 2. The van der Waals surface area contributed by atoms with Gasteiger partial charge in [-0.3, -0.25) is 4.99 Å². The van der Waals surface area contributed by atoms with Crippen LogP contribution < -0.4 is 15.4 Å². The molecule has 0 saturated heterocycles. The molecule has 0 aliphatic carbocycles. The lowest BCUT2D eigenvalue weighted by Crippen LogP contribution is -2.37. The van der Waals surface area contributed by atoms with Crippen LogP contribution in [0.15, 0.2) is 41.4 Å². The molecule has 6 heteroatoms. The van der Waals surface area contributed by atoms with Crippen LogP contribution in [0.5, 0.6) is 5.75 Å². The highest BCUT2D eigenvalue weighted by Crippen LogP contribution is 2.19. The molecule has 0 heterocycles. The smallest absolute Gasteiger partial charge is 0.191 e. The first kappa shape index (κ1) is 20.7. The van der Waals surface area contributed by atoms with Crippen molar-refractivity contribution in [2.24, 2.45) is 4.99 Å². The second kappa shape index (κ2) is 10.5. The highest BCUT2D eigenvalue weighted by Gasteiger charge is 2.06. The quantitative estimate of drug-likeness (QED) is 0.551. The summed E-state index contributed by atoms with van der Waals surface area (Å²) in [6, 6.07) is 11.2. The summed E-state index contributed by atoms with van der Waals surface area (Å²) >= 11 is 0. The maximum absolute atomic E-state index is 13.7. The van der Waals surface area contributed by atoms with Crippen molar-refractivity contribution in [3.8, 4) is 5.75 Å². The summed E-state index contributed by atoms with van der Waals surface area (Å²) in [5.74, 6) is 1.33. The molecule has 5 nitrogen and oxygen atoms in total. The maximum Gasteiger partial charge on any atom is 0.191 e. The van der Waals surface area contributed by atoms with Crippen LogP contribution in [0.4, 0.5) is 4.39 Å². The summed E-state index contributed by atoms with van der Waals surface area (Å²) in [6.45, 7) is 3.59. The average molecular weight is 373 g/mol. The molecule has 0 amide bonds. The van der Waals surface area contributed by atoms with E-state index in [0.717, 1.165) is 29.8 Å². The predicted octanol–water partition coefficient (Wildman–Crippen LogP) is 3.20. The van der Waals surface area contributed by atoms with Gasteiger partial charge in [0.2, 0.25) is 0 Å². The molecule has 27 heavy (non-hydrogen) atoms. The predicted molar refractivity (Wildman–Crippen MR) is 107 cm³/mol. The van der Waals surface area contributed by atoms with E-state index in [-0.39, 0.29) is 12.4 Å². The molecule has 2 N–H and O–H groups in total. The summed E-state index contributed by atoms with van der Waals surface area (Å²) in [5, 5.41) is 6.54. The first-order chi connectivity index (χ1) is 13.1. The number of hydrogen-bond acceptors (Lipinski definition) is 3. The highest BCUT2D eigenvalue weighted by atomic mass is 19.1. The van der Waals surface area contributed by atoms with Gasteiger partial charge in [-0.1, -0.05) is 23.8 Å². The summed E-state index contributed by atoms with van der Waals surface area (Å²) in [4.78, 5) is 4.24. The zero-order chi connectivity index (χ0) is 19.6. The Bertz CT molecular complexity index is 778. The topological polar surface area (TPSA) is 54.9 Å². The van der Waals surface area contributed by atoms with Gasteiger partial charge in [0.25, 0.3) is 0 Å². The SMILES string of the molecule is CN=C(NCCc1cc(C)ccc1OC)NCc1ccc(F)c(COC)c1. The third-order valence-electron chi connectivity index (χ3n) is 4.22. The standard InChI is InChI=1S/C21H28FN3O2/c1-15-5-8-20(27-4)17(11-15)9-10-24-21(23-2)25-13-16-6-7-19(22)18(12-16)14-26-3/h5-8,11-12H,9-10,13-14H2,1-4H3,(H2,23,24,25). The van der Waals surface area contributed by atoms with Crippen LogP contribution in [0.1, 0.15) is 22.3 Å². The van der Waals surface area contributed by atoms with Gasteiger partial charge in [0.05, 0.1) is 13.7 Å². The van der Waals surface area contributed by atoms with Crippen molar-refractivity contribution in [1.29, 1.82) is 0 Å². The van der Waals surface area contributed by atoms with Crippen molar-refractivity contribution < 1.29 is 13.9 Å². The lowest BCUT2D eigenvalue weighted by Gasteiger charge is -2.14. The summed E-state index contributed by atoms with van der Waals surface area (Å²) in [7, 11) is 4.96. The van der Waals surface area contributed by atoms with Gasteiger partial charge in [-0.25, -0.2) is 4.39 Å². The Morgan fingerprint density at radius 3 is 2.59 bits per heavy atom. The van der Waals surface area contributed by atoms with E-state index in [0.29, 0.717) is 18.1 Å².